The van der Waals surface area contributed by atoms with Crippen LogP contribution in [0.5, 0.6) is 0 Å². The Labute approximate surface area is 232 Å². The predicted molar refractivity (Wildman–Crippen MR) is 165 cm³/mol. The Morgan fingerprint density at radius 3 is 2.22 bits per heavy atom. The molecule has 0 unspecified atom stereocenters. The van der Waals surface area contributed by atoms with Gasteiger partial charge in [-0.3, -0.25) is 9.78 Å². The quantitative estimate of drug-likeness (QED) is 0.210. The molecule has 0 aliphatic heterocycles. The zero-order chi connectivity index (χ0) is 27.1. The Morgan fingerprint density at radius 1 is 0.561 bits per heavy atom. The number of hydrogen-bond donors (Lipinski definition) is 0. The molecule has 0 atom stereocenters. The van der Waals surface area contributed by atoms with Crippen molar-refractivity contribution in [2.75, 3.05) is 0 Å². The minimum Gasteiger partial charge on any atom is -0.456 e. The van der Waals surface area contributed by atoms with Crippen LogP contribution in [0.2, 0.25) is 0 Å². The normalized spacial score (nSPS) is 12.0. The zero-order valence-corrected chi connectivity index (χ0v) is 21.7. The van der Waals surface area contributed by atoms with Gasteiger partial charge in [0.1, 0.15) is 22.3 Å². The van der Waals surface area contributed by atoms with E-state index < -0.39 is 0 Å². The van der Waals surface area contributed by atoms with E-state index >= 15 is 0 Å². The molecule has 4 heterocycles. The molecule has 41 heavy (non-hydrogen) atoms. The maximum atomic E-state index is 13.1. The van der Waals surface area contributed by atoms with Crippen molar-refractivity contribution in [3.05, 3.63) is 132 Å². The SMILES string of the molecule is O=c1c2ccccc2oc2cc(-c3cccc(-n4c5cnccc5c5c6oc7ccccc7c6ccc54)c3)ccc12. The van der Waals surface area contributed by atoms with Crippen molar-refractivity contribution in [3.63, 3.8) is 0 Å². The Balaban J connectivity index is 1.28. The lowest BCUT2D eigenvalue weighted by atomic mass is 10.0. The van der Waals surface area contributed by atoms with E-state index in [0.717, 1.165) is 60.6 Å². The molecular weight excluding hydrogens is 508 g/mol. The van der Waals surface area contributed by atoms with E-state index in [0.29, 0.717) is 21.9 Å². The summed E-state index contributed by atoms with van der Waals surface area (Å²) in [6, 6.07) is 36.1. The van der Waals surface area contributed by atoms with E-state index in [-0.39, 0.29) is 5.43 Å². The van der Waals surface area contributed by atoms with Gasteiger partial charge in [-0.1, -0.05) is 48.5 Å². The topological polar surface area (TPSA) is 61.2 Å². The molecule has 0 aliphatic carbocycles. The fraction of sp³-hybridized carbons (Fsp3) is 0. The summed E-state index contributed by atoms with van der Waals surface area (Å²) in [5.74, 6) is 0. The molecule has 0 fully saturated rings. The maximum absolute atomic E-state index is 13.1. The smallest absolute Gasteiger partial charge is 0.200 e. The predicted octanol–water partition coefficient (Wildman–Crippen LogP) is 9.00. The fourth-order valence-corrected chi connectivity index (χ4v) is 6.21. The van der Waals surface area contributed by atoms with Crippen LogP contribution in [0.4, 0.5) is 0 Å². The molecule has 0 radical (unpaired) electrons. The Kier molecular flexibility index (Phi) is 4.41. The van der Waals surface area contributed by atoms with Gasteiger partial charge in [-0.2, -0.15) is 0 Å². The molecule has 0 aliphatic rings. The maximum Gasteiger partial charge on any atom is 0.200 e. The van der Waals surface area contributed by atoms with Gasteiger partial charge in [-0.05, 0) is 71.8 Å². The van der Waals surface area contributed by atoms with Gasteiger partial charge in [0, 0.05) is 28.0 Å². The van der Waals surface area contributed by atoms with E-state index in [4.69, 9.17) is 8.83 Å². The molecule has 5 heteroatoms. The lowest BCUT2D eigenvalue weighted by molar-refractivity contribution is 0.660. The van der Waals surface area contributed by atoms with E-state index in [2.05, 4.69) is 58.1 Å². The lowest BCUT2D eigenvalue weighted by Crippen LogP contribution is -2.01. The molecular formula is C36H20N2O3. The van der Waals surface area contributed by atoms with Gasteiger partial charge in [-0.25, -0.2) is 0 Å². The van der Waals surface area contributed by atoms with Crippen LogP contribution in [-0.2, 0) is 0 Å². The van der Waals surface area contributed by atoms with Gasteiger partial charge in [0.15, 0.2) is 0 Å². The number of para-hydroxylation sites is 2. The van der Waals surface area contributed by atoms with E-state index in [1.807, 2.05) is 67.0 Å². The summed E-state index contributed by atoms with van der Waals surface area (Å²) in [5.41, 5.74) is 7.95. The van der Waals surface area contributed by atoms with Crippen LogP contribution in [0.25, 0.3) is 82.5 Å². The van der Waals surface area contributed by atoms with Crippen molar-refractivity contribution in [3.8, 4) is 16.8 Å². The van der Waals surface area contributed by atoms with Crippen molar-refractivity contribution < 1.29 is 8.83 Å². The highest BCUT2D eigenvalue weighted by Gasteiger charge is 2.19. The second-order valence-electron chi connectivity index (χ2n) is 10.4. The number of hydrogen-bond acceptors (Lipinski definition) is 4. The summed E-state index contributed by atoms with van der Waals surface area (Å²) >= 11 is 0. The standard InChI is InChI=1S/C36H20N2O3/c39-35-27-9-2-4-11-32(27)40-33-19-22(12-13-28(33)35)21-6-5-7-23(18-21)38-29-15-14-25-24-8-1-3-10-31(24)41-36(25)34(29)26-16-17-37-20-30(26)38/h1-20H. The number of benzene rings is 5. The first-order valence-electron chi connectivity index (χ1n) is 13.5. The largest absolute Gasteiger partial charge is 0.456 e. The molecule has 4 aromatic heterocycles. The monoisotopic (exact) mass is 528 g/mol. The van der Waals surface area contributed by atoms with Crippen LogP contribution < -0.4 is 5.43 Å². The summed E-state index contributed by atoms with van der Waals surface area (Å²) in [7, 11) is 0. The van der Waals surface area contributed by atoms with Crippen molar-refractivity contribution in [1.82, 2.24) is 9.55 Å². The molecule has 0 N–H and O–H groups in total. The number of pyridine rings is 1. The molecule has 0 amide bonds. The Morgan fingerprint density at radius 2 is 1.32 bits per heavy atom. The highest BCUT2D eigenvalue weighted by Crippen LogP contribution is 2.40. The number of rotatable bonds is 2. The van der Waals surface area contributed by atoms with Crippen LogP contribution in [0.3, 0.4) is 0 Å². The van der Waals surface area contributed by atoms with E-state index in [1.165, 1.54) is 0 Å². The Hall–Kier alpha value is -5.68. The van der Waals surface area contributed by atoms with Crippen molar-refractivity contribution >= 4 is 65.7 Å². The van der Waals surface area contributed by atoms with Crippen molar-refractivity contribution in [2.45, 2.75) is 0 Å². The first kappa shape index (κ1) is 22.2. The third kappa shape index (κ3) is 3.11. The van der Waals surface area contributed by atoms with Crippen LogP contribution in [0.1, 0.15) is 0 Å². The average molecular weight is 529 g/mol. The fourth-order valence-electron chi connectivity index (χ4n) is 6.21. The number of aromatic nitrogens is 2. The number of fused-ring (bicyclic) bond motifs is 9. The molecule has 0 spiro atoms. The molecule has 9 rings (SSSR count). The van der Waals surface area contributed by atoms with Crippen LogP contribution in [0.15, 0.2) is 135 Å². The average Bonchev–Trinajstić information content (AvgIpc) is 3.57. The summed E-state index contributed by atoms with van der Waals surface area (Å²) in [6.07, 6.45) is 3.74. The third-order valence-electron chi connectivity index (χ3n) is 8.09. The van der Waals surface area contributed by atoms with Gasteiger partial charge in [0.2, 0.25) is 5.43 Å². The van der Waals surface area contributed by atoms with Gasteiger partial charge in [0.05, 0.1) is 33.4 Å². The van der Waals surface area contributed by atoms with Crippen molar-refractivity contribution in [2.24, 2.45) is 0 Å². The summed E-state index contributed by atoms with van der Waals surface area (Å²) < 4.78 is 14.8. The first-order chi connectivity index (χ1) is 20.2. The number of nitrogens with zero attached hydrogens (tertiary/aromatic N) is 2. The summed E-state index contributed by atoms with van der Waals surface area (Å²) in [4.78, 5) is 17.5. The van der Waals surface area contributed by atoms with Crippen LogP contribution in [-0.4, -0.2) is 9.55 Å². The third-order valence-corrected chi connectivity index (χ3v) is 8.09. The van der Waals surface area contributed by atoms with E-state index in [9.17, 15) is 4.79 Å². The molecule has 0 bridgehead atoms. The first-order valence-corrected chi connectivity index (χ1v) is 13.5. The zero-order valence-electron chi connectivity index (χ0n) is 21.7. The highest BCUT2D eigenvalue weighted by atomic mass is 16.3. The van der Waals surface area contributed by atoms with Crippen LogP contribution in [0, 0.1) is 0 Å². The van der Waals surface area contributed by atoms with Gasteiger partial charge in [0.25, 0.3) is 0 Å². The lowest BCUT2D eigenvalue weighted by Gasteiger charge is -2.11. The van der Waals surface area contributed by atoms with E-state index in [1.54, 1.807) is 6.07 Å². The number of furan rings is 1. The van der Waals surface area contributed by atoms with Gasteiger partial charge >= 0.3 is 0 Å². The molecule has 5 aromatic carbocycles. The summed E-state index contributed by atoms with van der Waals surface area (Å²) in [6.45, 7) is 0. The molecule has 0 saturated carbocycles. The summed E-state index contributed by atoms with van der Waals surface area (Å²) in [5, 5.41) is 5.53. The molecule has 9 aromatic rings. The molecule has 192 valence electrons. The second kappa shape index (κ2) is 8.16. The minimum absolute atomic E-state index is 0.0168. The molecule has 5 nitrogen and oxygen atoms in total. The minimum atomic E-state index is -0.0168. The highest BCUT2D eigenvalue weighted by molar-refractivity contribution is 6.23. The molecule has 0 saturated heterocycles. The Bertz CT molecular complexity index is 2570. The van der Waals surface area contributed by atoms with Crippen molar-refractivity contribution in [1.29, 1.82) is 0 Å². The van der Waals surface area contributed by atoms with Gasteiger partial charge < -0.3 is 13.4 Å². The van der Waals surface area contributed by atoms with Crippen LogP contribution >= 0.6 is 0 Å². The second-order valence-corrected chi connectivity index (χ2v) is 10.4. The van der Waals surface area contributed by atoms with Gasteiger partial charge in [-0.15, -0.1) is 0 Å².